The molecule has 156 valence electrons. The number of benzene rings is 2. The standard InChI is InChI=1S/C25H32O4/c1-4-5-6-13-27-19-8-9-20(22(26)15-19)18-14-17-7-10-23-21(24(17)28-16-18)11-12-25(2,3)29-23/h7-10,15,18,26H,4-6,11-14,16H2,1-3H3. The zero-order valence-electron chi connectivity index (χ0n) is 17.8. The summed E-state index contributed by atoms with van der Waals surface area (Å²) in [7, 11) is 0. The number of rotatable bonds is 6. The largest absolute Gasteiger partial charge is 0.508 e. The Morgan fingerprint density at radius 3 is 2.83 bits per heavy atom. The Labute approximate surface area is 173 Å². The van der Waals surface area contributed by atoms with Gasteiger partial charge in [0.1, 0.15) is 28.6 Å². The van der Waals surface area contributed by atoms with E-state index in [0.717, 1.165) is 54.9 Å². The van der Waals surface area contributed by atoms with Crippen molar-refractivity contribution in [1.82, 2.24) is 0 Å². The van der Waals surface area contributed by atoms with Crippen LogP contribution in [0.1, 0.15) is 69.1 Å². The summed E-state index contributed by atoms with van der Waals surface area (Å²) < 4.78 is 18.1. The van der Waals surface area contributed by atoms with Crippen molar-refractivity contribution in [2.75, 3.05) is 13.2 Å². The van der Waals surface area contributed by atoms with Gasteiger partial charge >= 0.3 is 0 Å². The summed E-state index contributed by atoms with van der Waals surface area (Å²) in [5, 5.41) is 10.6. The van der Waals surface area contributed by atoms with Crippen molar-refractivity contribution in [3.8, 4) is 23.0 Å². The van der Waals surface area contributed by atoms with Gasteiger partial charge in [0.25, 0.3) is 0 Å². The van der Waals surface area contributed by atoms with Crippen LogP contribution in [0.2, 0.25) is 0 Å². The van der Waals surface area contributed by atoms with E-state index in [0.29, 0.717) is 13.2 Å². The van der Waals surface area contributed by atoms with Gasteiger partial charge in [0, 0.05) is 23.1 Å². The summed E-state index contributed by atoms with van der Waals surface area (Å²) in [6.45, 7) is 7.70. The lowest BCUT2D eigenvalue weighted by Crippen LogP contribution is -2.33. The first-order valence-corrected chi connectivity index (χ1v) is 10.9. The lowest BCUT2D eigenvalue weighted by molar-refractivity contribution is 0.0826. The number of hydrogen-bond acceptors (Lipinski definition) is 4. The molecule has 0 saturated heterocycles. The first-order chi connectivity index (χ1) is 14.0. The molecule has 0 saturated carbocycles. The molecule has 4 rings (SSSR count). The average molecular weight is 397 g/mol. The summed E-state index contributed by atoms with van der Waals surface area (Å²) in [5.74, 6) is 3.09. The Balaban J connectivity index is 1.48. The summed E-state index contributed by atoms with van der Waals surface area (Å²) in [6, 6.07) is 9.87. The van der Waals surface area contributed by atoms with Crippen LogP contribution in [0.4, 0.5) is 0 Å². The SMILES string of the molecule is CCCCCOc1ccc(C2COc3c(ccc4c3CCC(C)(C)O4)C2)c(O)c1. The van der Waals surface area contributed by atoms with E-state index in [2.05, 4.69) is 32.9 Å². The lowest BCUT2D eigenvalue weighted by atomic mass is 9.86. The van der Waals surface area contributed by atoms with E-state index in [1.165, 1.54) is 17.5 Å². The van der Waals surface area contributed by atoms with E-state index < -0.39 is 0 Å². The number of phenols is 1. The van der Waals surface area contributed by atoms with Crippen molar-refractivity contribution in [2.45, 2.75) is 70.8 Å². The smallest absolute Gasteiger partial charge is 0.129 e. The van der Waals surface area contributed by atoms with Crippen LogP contribution in [0.25, 0.3) is 0 Å². The van der Waals surface area contributed by atoms with E-state index in [-0.39, 0.29) is 17.3 Å². The number of aromatic hydroxyl groups is 1. The molecule has 0 amide bonds. The van der Waals surface area contributed by atoms with Crippen molar-refractivity contribution >= 4 is 0 Å². The van der Waals surface area contributed by atoms with Gasteiger partial charge in [-0.05, 0) is 57.2 Å². The summed E-state index contributed by atoms with van der Waals surface area (Å²) in [4.78, 5) is 0. The Hall–Kier alpha value is -2.36. The summed E-state index contributed by atoms with van der Waals surface area (Å²) in [6.07, 6.45) is 6.20. The molecular formula is C25H32O4. The molecule has 1 N–H and O–H groups in total. The molecule has 0 aliphatic carbocycles. The van der Waals surface area contributed by atoms with E-state index in [1.807, 2.05) is 12.1 Å². The maximum Gasteiger partial charge on any atom is 0.129 e. The Kier molecular flexibility index (Phi) is 5.62. The molecule has 2 heterocycles. The molecule has 2 aromatic carbocycles. The van der Waals surface area contributed by atoms with Gasteiger partial charge in [-0.3, -0.25) is 0 Å². The molecule has 0 radical (unpaired) electrons. The van der Waals surface area contributed by atoms with Gasteiger partial charge in [-0.1, -0.05) is 31.9 Å². The second-order valence-corrected chi connectivity index (χ2v) is 8.88. The topological polar surface area (TPSA) is 47.9 Å². The second-order valence-electron chi connectivity index (χ2n) is 8.88. The molecule has 2 aliphatic rings. The fraction of sp³-hybridized carbons (Fsp3) is 0.520. The molecule has 0 bridgehead atoms. The van der Waals surface area contributed by atoms with Gasteiger partial charge in [-0.15, -0.1) is 0 Å². The van der Waals surface area contributed by atoms with E-state index >= 15 is 0 Å². The Morgan fingerprint density at radius 1 is 1.17 bits per heavy atom. The van der Waals surface area contributed by atoms with Crippen LogP contribution in [0.15, 0.2) is 30.3 Å². The van der Waals surface area contributed by atoms with Crippen LogP contribution in [0.5, 0.6) is 23.0 Å². The monoisotopic (exact) mass is 396 g/mol. The number of ether oxygens (including phenoxy) is 3. The van der Waals surface area contributed by atoms with E-state index in [4.69, 9.17) is 14.2 Å². The highest BCUT2D eigenvalue weighted by atomic mass is 16.5. The van der Waals surface area contributed by atoms with Crippen molar-refractivity contribution in [1.29, 1.82) is 0 Å². The Morgan fingerprint density at radius 2 is 2.03 bits per heavy atom. The molecule has 0 spiro atoms. The molecule has 29 heavy (non-hydrogen) atoms. The molecule has 1 unspecified atom stereocenters. The molecule has 0 fully saturated rings. The third kappa shape index (κ3) is 4.31. The third-order valence-corrected chi connectivity index (χ3v) is 6.02. The zero-order chi connectivity index (χ0) is 20.4. The first-order valence-electron chi connectivity index (χ1n) is 10.9. The highest BCUT2D eigenvalue weighted by molar-refractivity contribution is 5.54. The zero-order valence-corrected chi connectivity index (χ0v) is 17.8. The highest BCUT2D eigenvalue weighted by Gasteiger charge is 2.32. The van der Waals surface area contributed by atoms with Crippen molar-refractivity contribution in [3.63, 3.8) is 0 Å². The lowest BCUT2D eigenvalue weighted by Gasteiger charge is -2.35. The van der Waals surface area contributed by atoms with Gasteiger partial charge in [0.05, 0.1) is 13.2 Å². The molecular weight excluding hydrogens is 364 g/mol. The van der Waals surface area contributed by atoms with Gasteiger partial charge < -0.3 is 19.3 Å². The maximum atomic E-state index is 10.6. The first kappa shape index (κ1) is 19.9. The number of unbranched alkanes of at least 4 members (excludes halogenated alkanes) is 2. The third-order valence-electron chi connectivity index (χ3n) is 6.02. The highest BCUT2D eigenvalue weighted by Crippen LogP contribution is 2.45. The fourth-order valence-corrected chi connectivity index (χ4v) is 4.31. The number of phenolic OH excluding ortho intramolecular Hbond substituents is 1. The molecule has 2 aliphatic heterocycles. The van der Waals surface area contributed by atoms with Crippen LogP contribution in [0, 0.1) is 0 Å². The van der Waals surface area contributed by atoms with E-state index in [1.54, 1.807) is 6.07 Å². The summed E-state index contributed by atoms with van der Waals surface area (Å²) >= 11 is 0. The molecule has 1 atom stereocenters. The molecule has 0 aromatic heterocycles. The van der Waals surface area contributed by atoms with Gasteiger partial charge in [0.15, 0.2) is 0 Å². The predicted octanol–water partition coefficient (Wildman–Crippen LogP) is 5.78. The van der Waals surface area contributed by atoms with E-state index in [9.17, 15) is 5.11 Å². The Bertz CT molecular complexity index is 871. The van der Waals surface area contributed by atoms with Crippen LogP contribution < -0.4 is 14.2 Å². The van der Waals surface area contributed by atoms with Gasteiger partial charge in [-0.2, -0.15) is 0 Å². The van der Waals surface area contributed by atoms with Gasteiger partial charge in [-0.25, -0.2) is 0 Å². The van der Waals surface area contributed by atoms with Crippen LogP contribution in [-0.2, 0) is 12.8 Å². The van der Waals surface area contributed by atoms with Crippen LogP contribution >= 0.6 is 0 Å². The summed E-state index contributed by atoms with van der Waals surface area (Å²) in [5.41, 5.74) is 3.19. The predicted molar refractivity (Wildman–Crippen MR) is 115 cm³/mol. The van der Waals surface area contributed by atoms with Crippen molar-refractivity contribution < 1.29 is 19.3 Å². The molecule has 4 heteroatoms. The normalized spacial score (nSPS) is 19.5. The van der Waals surface area contributed by atoms with Crippen molar-refractivity contribution in [3.05, 3.63) is 47.0 Å². The van der Waals surface area contributed by atoms with Crippen molar-refractivity contribution in [2.24, 2.45) is 0 Å². The number of fused-ring (bicyclic) bond motifs is 3. The molecule has 2 aromatic rings. The van der Waals surface area contributed by atoms with Crippen LogP contribution in [0.3, 0.4) is 0 Å². The average Bonchev–Trinajstić information content (AvgIpc) is 2.70. The minimum atomic E-state index is -0.120. The fourth-order valence-electron chi connectivity index (χ4n) is 4.31. The number of hydrogen-bond donors (Lipinski definition) is 1. The van der Waals surface area contributed by atoms with Gasteiger partial charge in [0.2, 0.25) is 0 Å². The maximum absolute atomic E-state index is 10.6. The molecule has 4 nitrogen and oxygen atoms in total. The minimum absolute atomic E-state index is 0.120. The second kappa shape index (κ2) is 8.17. The minimum Gasteiger partial charge on any atom is -0.508 e. The van der Waals surface area contributed by atoms with Crippen LogP contribution in [-0.4, -0.2) is 23.9 Å². The quantitative estimate of drug-likeness (QED) is 0.629.